The van der Waals surface area contributed by atoms with Gasteiger partial charge in [-0.05, 0) is 43.2 Å². The molecular weight excluding hydrogens is 368 g/mol. The topological polar surface area (TPSA) is 75.3 Å². The van der Waals surface area contributed by atoms with Crippen molar-refractivity contribution in [2.75, 3.05) is 11.1 Å². The van der Waals surface area contributed by atoms with Gasteiger partial charge in [0.1, 0.15) is 0 Å². The summed E-state index contributed by atoms with van der Waals surface area (Å²) in [5, 5.41) is 2.78. The molecule has 0 saturated carbocycles. The van der Waals surface area contributed by atoms with Gasteiger partial charge >= 0.3 is 0 Å². The molecular formula is C19H24N2O3S2. The lowest BCUT2D eigenvalue weighted by Crippen LogP contribution is -2.31. The van der Waals surface area contributed by atoms with Gasteiger partial charge in [-0.3, -0.25) is 4.79 Å². The molecule has 0 fully saturated rings. The second kappa shape index (κ2) is 9.75. The van der Waals surface area contributed by atoms with E-state index in [-0.39, 0.29) is 16.8 Å². The molecule has 26 heavy (non-hydrogen) atoms. The standard InChI is InChI=1S/C19H24N2O3S2/c1-3-15(2)21-26(23,24)18-11-9-17(10-12-18)20-19(22)14-25-13-16-7-5-4-6-8-16/h4-12,15,21H,3,13-14H2,1-2H3,(H,20,22)/t15-/m0/s1. The van der Waals surface area contributed by atoms with Crippen molar-refractivity contribution in [3.05, 3.63) is 60.2 Å². The van der Waals surface area contributed by atoms with E-state index < -0.39 is 10.0 Å². The highest BCUT2D eigenvalue weighted by atomic mass is 32.2. The molecule has 0 aromatic heterocycles. The number of benzene rings is 2. The third-order valence-corrected chi connectivity index (χ3v) is 6.37. The molecule has 0 aliphatic carbocycles. The summed E-state index contributed by atoms with van der Waals surface area (Å²) in [6, 6.07) is 16.0. The van der Waals surface area contributed by atoms with Crippen molar-refractivity contribution in [3.63, 3.8) is 0 Å². The zero-order chi connectivity index (χ0) is 19.0. The number of nitrogens with one attached hydrogen (secondary N) is 2. The van der Waals surface area contributed by atoms with Crippen molar-refractivity contribution in [1.29, 1.82) is 0 Å². The largest absolute Gasteiger partial charge is 0.325 e. The summed E-state index contributed by atoms with van der Waals surface area (Å²) in [4.78, 5) is 12.2. The molecule has 0 bridgehead atoms. The minimum absolute atomic E-state index is 0.112. The van der Waals surface area contributed by atoms with Crippen LogP contribution in [-0.4, -0.2) is 26.1 Å². The van der Waals surface area contributed by atoms with E-state index in [1.165, 1.54) is 29.5 Å². The zero-order valence-corrected chi connectivity index (χ0v) is 16.6. The predicted molar refractivity (Wildman–Crippen MR) is 108 cm³/mol. The van der Waals surface area contributed by atoms with Gasteiger partial charge in [0.05, 0.1) is 10.6 Å². The van der Waals surface area contributed by atoms with Gasteiger partial charge in [-0.1, -0.05) is 37.3 Å². The fourth-order valence-electron chi connectivity index (χ4n) is 2.17. The molecule has 0 aliphatic heterocycles. The number of sulfonamides is 1. The molecule has 7 heteroatoms. The Kier molecular flexibility index (Phi) is 7.68. The summed E-state index contributed by atoms with van der Waals surface area (Å²) in [6.45, 7) is 3.74. The van der Waals surface area contributed by atoms with Crippen LogP contribution in [-0.2, 0) is 20.6 Å². The average molecular weight is 393 g/mol. The highest BCUT2D eigenvalue weighted by Gasteiger charge is 2.16. The first-order valence-electron chi connectivity index (χ1n) is 8.44. The zero-order valence-electron chi connectivity index (χ0n) is 14.9. The summed E-state index contributed by atoms with van der Waals surface area (Å²) in [7, 11) is -3.53. The monoisotopic (exact) mass is 392 g/mol. The lowest BCUT2D eigenvalue weighted by Gasteiger charge is -2.12. The predicted octanol–water partition coefficient (Wildman–Crippen LogP) is 3.64. The Morgan fingerprint density at radius 3 is 2.35 bits per heavy atom. The van der Waals surface area contributed by atoms with Crippen LogP contribution in [0, 0.1) is 0 Å². The van der Waals surface area contributed by atoms with Gasteiger partial charge in [0.2, 0.25) is 15.9 Å². The van der Waals surface area contributed by atoms with Crippen LogP contribution in [0.5, 0.6) is 0 Å². The molecule has 0 aliphatic rings. The first kappa shape index (κ1) is 20.5. The van der Waals surface area contributed by atoms with E-state index in [4.69, 9.17) is 0 Å². The molecule has 2 aromatic carbocycles. The fourth-order valence-corrected chi connectivity index (χ4v) is 4.28. The number of carbonyl (C=O) groups is 1. The maximum atomic E-state index is 12.2. The summed E-state index contributed by atoms with van der Waals surface area (Å²) >= 11 is 1.53. The van der Waals surface area contributed by atoms with Gasteiger partial charge in [0.15, 0.2) is 0 Å². The van der Waals surface area contributed by atoms with E-state index in [2.05, 4.69) is 10.0 Å². The van der Waals surface area contributed by atoms with Crippen LogP contribution in [0.25, 0.3) is 0 Å². The molecule has 2 N–H and O–H groups in total. The molecule has 5 nitrogen and oxygen atoms in total. The van der Waals surface area contributed by atoms with E-state index in [1.807, 2.05) is 44.2 Å². The molecule has 140 valence electrons. The number of thioether (sulfide) groups is 1. The minimum Gasteiger partial charge on any atom is -0.325 e. The average Bonchev–Trinajstić information content (AvgIpc) is 2.62. The minimum atomic E-state index is -3.53. The number of anilines is 1. The van der Waals surface area contributed by atoms with Gasteiger partial charge in [-0.2, -0.15) is 0 Å². The highest BCUT2D eigenvalue weighted by molar-refractivity contribution is 7.99. The van der Waals surface area contributed by atoms with Gasteiger partial charge in [-0.25, -0.2) is 13.1 Å². The van der Waals surface area contributed by atoms with Crippen LogP contribution in [0.1, 0.15) is 25.8 Å². The Morgan fingerprint density at radius 2 is 1.73 bits per heavy atom. The first-order valence-corrected chi connectivity index (χ1v) is 11.1. The highest BCUT2D eigenvalue weighted by Crippen LogP contribution is 2.16. The molecule has 2 aromatic rings. The Hall–Kier alpha value is -1.83. The number of hydrogen-bond donors (Lipinski definition) is 2. The van der Waals surface area contributed by atoms with Crippen LogP contribution >= 0.6 is 11.8 Å². The summed E-state index contributed by atoms with van der Waals surface area (Å²) < 4.78 is 27.0. The van der Waals surface area contributed by atoms with Crippen molar-refractivity contribution in [2.45, 2.75) is 37.0 Å². The van der Waals surface area contributed by atoms with E-state index in [1.54, 1.807) is 12.1 Å². The van der Waals surface area contributed by atoms with Gasteiger partial charge in [0, 0.05) is 17.5 Å². The Morgan fingerprint density at radius 1 is 1.08 bits per heavy atom. The van der Waals surface area contributed by atoms with Crippen molar-refractivity contribution in [3.8, 4) is 0 Å². The van der Waals surface area contributed by atoms with Crippen LogP contribution in [0.15, 0.2) is 59.5 Å². The van der Waals surface area contributed by atoms with Gasteiger partial charge in [-0.15, -0.1) is 11.8 Å². The Balaban J connectivity index is 1.85. The fraction of sp³-hybridized carbons (Fsp3) is 0.316. The lowest BCUT2D eigenvalue weighted by atomic mass is 10.2. The molecule has 0 radical (unpaired) electrons. The number of carbonyl (C=O) groups excluding carboxylic acids is 1. The van der Waals surface area contributed by atoms with Crippen molar-refractivity contribution in [1.82, 2.24) is 4.72 Å². The molecule has 1 amide bonds. The van der Waals surface area contributed by atoms with Crippen molar-refractivity contribution >= 4 is 33.4 Å². The smallest absolute Gasteiger partial charge is 0.240 e. The van der Waals surface area contributed by atoms with Crippen LogP contribution in [0.2, 0.25) is 0 Å². The number of rotatable bonds is 9. The quantitative estimate of drug-likeness (QED) is 0.683. The second-order valence-electron chi connectivity index (χ2n) is 5.98. The van der Waals surface area contributed by atoms with E-state index in [0.29, 0.717) is 17.9 Å². The van der Waals surface area contributed by atoms with Crippen molar-refractivity contribution in [2.24, 2.45) is 0 Å². The first-order chi connectivity index (χ1) is 12.4. The lowest BCUT2D eigenvalue weighted by molar-refractivity contribution is -0.113. The van der Waals surface area contributed by atoms with Crippen molar-refractivity contribution < 1.29 is 13.2 Å². The molecule has 2 rings (SSSR count). The van der Waals surface area contributed by atoms with Gasteiger partial charge in [0.25, 0.3) is 0 Å². The second-order valence-corrected chi connectivity index (χ2v) is 8.68. The summed E-state index contributed by atoms with van der Waals surface area (Å²) in [6.07, 6.45) is 0.716. The third kappa shape index (κ3) is 6.48. The van der Waals surface area contributed by atoms with Crippen LogP contribution < -0.4 is 10.0 Å². The third-order valence-electron chi connectivity index (χ3n) is 3.76. The SMILES string of the molecule is CC[C@H](C)NS(=O)(=O)c1ccc(NC(=O)CSCc2ccccc2)cc1. The molecule has 0 unspecified atom stereocenters. The van der Waals surface area contributed by atoms with E-state index in [9.17, 15) is 13.2 Å². The molecule has 0 heterocycles. The van der Waals surface area contributed by atoms with Crippen LogP contribution in [0.3, 0.4) is 0 Å². The van der Waals surface area contributed by atoms with Crippen LogP contribution in [0.4, 0.5) is 5.69 Å². The van der Waals surface area contributed by atoms with Gasteiger partial charge < -0.3 is 5.32 Å². The number of amides is 1. The normalized spacial score (nSPS) is 12.5. The molecule has 1 atom stereocenters. The maximum Gasteiger partial charge on any atom is 0.240 e. The molecule has 0 saturated heterocycles. The maximum absolute atomic E-state index is 12.2. The van der Waals surface area contributed by atoms with E-state index >= 15 is 0 Å². The Labute approximate surface area is 159 Å². The number of hydrogen-bond acceptors (Lipinski definition) is 4. The molecule has 0 spiro atoms. The van der Waals surface area contributed by atoms with E-state index in [0.717, 1.165) is 5.75 Å². The Bertz CT molecular complexity index is 806. The summed E-state index contributed by atoms with van der Waals surface area (Å²) in [5.74, 6) is 0.997. The summed E-state index contributed by atoms with van der Waals surface area (Å²) in [5.41, 5.74) is 1.76.